The minimum Gasteiger partial charge on any atom is -0.349 e. The molecule has 19 heavy (non-hydrogen) atoms. The van der Waals surface area contributed by atoms with E-state index in [4.69, 9.17) is 0 Å². The van der Waals surface area contributed by atoms with Crippen molar-refractivity contribution in [3.63, 3.8) is 0 Å². The molecule has 104 valence electrons. The van der Waals surface area contributed by atoms with Gasteiger partial charge in [-0.05, 0) is 45.0 Å². The van der Waals surface area contributed by atoms with Crippen molar-refractivity contribution < 1.29 is 4.79 Å². The molecule has 1 aromatic carbocycles. The molecule has 0 unspecified atom stereocenters. The topological polar surface area (TPSA) is 32.3 Å². The second-order valence-corrected chi connectivity index (χ2v) is 5.75. The van der Waals surface area contributed by atoms with Crippen LogP contribution in [0.1, 0.15) is 36.0 Å². The van der Waals surface area contributed by atoms with Gasteiger partial charge in [-0.2, -0.15) is 0 Å². The van der Waals surface area contributed by atoms with Gasteiger partial charge in [-0.15, -0.1) is 0 Å². The highest BCUT2D eigenvalue weighted by atomic mass is 16.1. The van der Waals surface area contributed by atoms with Gasteiger partial charge in [0.05, 0.1) is 0 Å². The zero-order valence-electron chi connectivity index (χ0n) is 11.9. The van der Waals surface area contributed by atoms with E-state index in [1.54, 1.807) is 0 Å². The molecular formula is C16H24N2O. The summed E-state index contributed by atoms with van der Waals surface area (Å²) in [5.41, 5.74) is 0.761. The lowest BCUT2D eigenvalue weighted by atomic mass is 9.84. The standard InChI is InChI=1S/C16H24N2O/c1-18(2)12-14-10-6-7-11-15(14)17-16(19)13-8-4-3-5-9-13/h3-5,8-9,14-15H,6-7,10-12H2,1-2H3,(H,17,19)/t14-,15-/m0/s1. The van der Waals surface area contributed by atoms with Gasteiger partial charge < -0.3 is 10.2 Å². The van der Waals surface area contributed by atoms with E-state index in [1.165, 1.54) is 19.3 Å². The first kappa shape index (κ1) is 14.1. The van der Waals surface area contributed by atoms with E-state index in [9.17, 15) is 4.79 Å². The van der Waals surface area contributed by atoms with Crippen molar-refractivity contribution >= 4 is 5.91 Å². The maximum atomic E-state index is 12.2. The van der Waals surface area contributed by atoms with Gasteiger partial charge >= 0.3 is 0 Å². The van der Waals surface area contributed by atoms with Gasteiger partial charge in [0.1, 0.15) is 0 Å². The average molecular weight is 260 g/mol. The normalized spacial score (nSPS) is 23.3. The first-order valence-corrected chi connectivity index (χ1v) is 7.17. The first-order chi connectivity index (χ1) is 9.16. The van der Waals surface area contributed by atoms with Crippen LogP contribution in [0.15, 0.2) is 30.3 Å². The van der Waals surface area contributed by atoms with Crippen LogP contribution in [0.5, 0.6) is 0 Å². The molecule has 1 aromatic rings. The van der Waals surface area contributed by atoms with E-state index in [0.717, 1.165) is 18.5 Å². The Balaban J connectivity index is 1.97. The molecule has 2 atom stereocenters. The highest BCUT2D eigenvalue weighted by Gasteiger charge is 2.26. The summed E-state index contributed by atoms with van der Waals surface area (Å²) >= 11 is 0. The molecule has 1 aliphatic carbocycles. The first-order valence-electron chi connectivity index (χ1n) is 7.17. The molecule has 1 amide bonds. The molecule has 1 fully saturated rings. The number of nitrogens with one attached hydrogen (secondary N) is 1. The van der Waals surface area contributed by atoms with Gasteiger partial charge in [-0.25, -0.2) is 0 Å². The van der Waals surface area contributed by atoms with E-state index >= 15 is 0 Å². The zero-order chi connectivity index (χ0) is 13.7. The molecule has 0 spiro atoms. The molecule has 2 rings (SSSR count). The number of rotatable bonds is 4. The molecule has 0 aliphatic heterocycles. The Hall–Kier alpha value is -1.35. The van der Waals surface area contributed by atoms with Gasteiger partial charge in [0.25, 0.3) is 5.91 Å². The fraction of sp³-hybridized carbons (Fsp3) is 0.562. The van der Waals surface area contributed by atoms with E-state index in [1.807, 2.05) is 30.3 Å². The molecule has 1 N–H and O–H groups in total. The predicted octanol–water partition coefficient (Wildman–Crippen LogP) is 2.54. The Morgan fingerprint density at radius 3 is 2.58 bits per heavy atom. The molecule has 3 nitrogen and oxygen atoms in total. The second kappa shape index (κ2) is 6.71. The SMILES string of the molecule is CN(C)C[C@@H]1CCCC[C@@H]1NC(=O)c1ccccc1. The Bertz CT molecular complexity index is 402. The minimum atomic E-state index is 0.0660. The lowest BCUT2D eigenvalue weighted by Gasteiger charge is -2.34. The van der Waals surface area contributed by atoms with E-state index < -0.39 is 0 Å². The van der Waals surface area contributed by atoms with Gasteiger partial charge in [-0.1, -0.05) is 31.0 Å². The molecule has 0 heterocycles. The van der Waals surface area contributed by atoms with Crippen LogP contribution in [0.4, 0.5) is 0 Å². The van der Waals surface area contributed by atoms with Crippen LogP contribution in [0, 0.1) is 5.92 Å². The quantitative estimate of drug-likeness (QED) is 0.902. The van der Waals surface area contributed by atoms with Crippen molar-refractivity contribution in [2.75, 3.05) is 20.6 Å². The third-order valence-corrected chi connectivity index (χ3v) is 3.86. The summed E-state index contributed by atoms with van der Waals surface area (Å²) in [6, 6.07) is 9.83. The van der Waals surface area contributed by atoms with Crippen LogP contribution in [-0.2, 0) is 0 Å². The number of nitrogens with zero attached hydrogens (tertiary/aromatic N) is 1. The summed E-state index contributed by atoms with van der Waals surface area (Å²) in [4.78, 5) is 14.4. The van der Waals surface area contributed by atoms with Gasteiger partial charge in [0.15, 0.2) is 0 Å². The van der Waals surface area contributed by atoms with Gasteiger partial charge in [0.2, 0.25) is 0 Å². The maximum absolute atomic E-state index is 12.2. The van der Waals surface area contributed by atoms with Crippen molar-refractivity contribution in [2.24, 2.45) is 5.92 Å². The summed E-state index contributed by atoms with van der Waals surface area (Å²) in [5, 5.41) is 3.22. The molecular weight excluding hydrogens is 236 g/mol. The van der Waals surface area contributed by atoms with Crippen molar-refractivity contribution in [1.82, 2.24) is 10.2 Å². The molecule has 3 heteroatoms. The van der Waals surface area contributed by atoms with Crippen molar-refractivity contribution in [3.8, 4) is 0 Å². The fourth-order valence-corrected chi connectivity index (χ4v) is 2.93. The van der Waals surface area contributed by atoms with Crippen LogP contribution in [-0.4, -0.2) is 37.5 Å². The highest BCUT2D eigenvalue weighted by Crippen LogP contribution is 2.25. The summed E-state index contributed by atoms with van der Waals surface area (Å²) < 4.78 is 0. The number of hydrogen-bond acceptors (Lipinski definition) is 2. The number of benzene rings is 1. The van der Waals surface area contributed by atoms with Crippen LogP contribution < -0.4 is 5.32 Å². The Kier molecular flexibility index (Phi) is 4.97. The lowest BCUT2D eigenvalue weighted by Crippen LogP contribution is -2.45. The number of amides is 1. The monoisotopic (exact) mass is 260 g/mol. The predicted molar refractivity (Wildman–Crippen MR) is 78.2 cm³/mol. The Morgan fingerprint density at radius 2 is 1.89 bits per heavy atom. The summed E-state index contributed by atoms with van der Waals surface area (Å²) in [6.45, 7) is 1.06. The summed E-state index contributed by atoms with van der Waals surface area (Å²) in [6.07, 6.45) is 4.84. The van der Waals surface area contributed by atoms with Crippen LogP contribution in [0.2, 0.25) is 0 Å². The third kappa shape index (κ3) is 4.06. The minimum absolute atomic E-state index is 0.0660. The van der Waals surface area contributed by atoms with E-state index in [-0.39, 0.29) is 5.91 Å². The molecule has 0 aromatic heterocycles. The van der Waals surface area contributed by atoms with Gasteiger partial charge in [-0.3, -0.25) is 4.79 Å². The maximum Gasteiger partial charge on any atom is 0.251 e. The van der Waals surface area contributed by atoms with E-state index in [2.05, 4.69) is 24.3 Å². The van der Waals surface area contributed by atoms with Crippen molar-refractivity contribution in [2.45, 2.75) is 31.7 Å². The fourth-order valence-electron chi connectivity index (χ4n) is 2.93. The molecule has 0 bridgehead atoms. The highest BCUT2D eigenvalue weighted by molar-refractivity contribution is 5.94. The third-order valence-electron chi connectivity index (χ3n) is 3.86. The van der Waals surface area contributed by atoms with Gasteiger partial charge in [0, 0.05) is 18.2 Å². The molecule has 1 aliphatic rings. The zero-order valence-corrected chi connectivity index (χ0v) is 11.9. The number of carbonyl (C=O) groups is 1. The summed E-state index contributed by atoms with van der Waals surface area (Å²) in [5.74, 6) is 0.646. The molecule has 1 saturated carbocycles. The van der Waals surface area contributed by atoms with Crippen LogP contribution in [0.25, 0.3) is 0 Å². The Labute approximate surface area is 116 Å². The number of hydrogen-bond donors (Lipinski definition) is 1. The summed E-state index contributed by atoms with van der Waals surface area (Å²) in [7, 11) is 4.20. The lowest BCUT2D eigenvalue weighted by molar-refractivity contribution is 0.0895. The van der Waals surface area contributed by atoms with E-state index in [0.29, 0.717) is 12.0 Å². The number of carbonyl (C=O) groups excluding carboxylic acids is 1. The molecule has 0 radical (unpaired) electrons. The largest absolute Gasteiger partial charge is 0.349 e. The van der Waals surface area contributed by atoms with Crippen molar-refractivity contribution in [3.05, 3.63) is 35.9 Å². The smallest absolute Gasteiger partial charge is 0.251 e. The van der Waals surface area contributed by atoms with Crippen molar-refractivity contribution in [1.29, 1.82) is 0 Å². The molecule has 0 saturated heterocycles. The van der Waals surface area contributed by atoms with Crippen LogP contribution >= 0.6 is 0 Å². The average Bonchev–Trinajstić information content (AvgIpc) is 2.41. The Morgan fingerprint density at radius 1 is 1.21 bits per heavy atom. The van der Waals surface area contributed by atoms with Crippen LogP contribution in [0.3, 0.4) is 0 Å². The second-order valence-electron chi connectivity index (χ2n) is 5.75.